The molecule has 5 rings (SSSR count). The molecule has 0 fully saturated rings. The first-order chi connectivity index (χ1) is 14.2. The monoisotopic (exact) mass is 398 g/mol. The normalized spacial score (nSPS) is 11.0. The van der Waals surface area contributed by atoms with Gasteiger partial charge in [-0.15, -0.1) is 11.3 Å². The third-order valence-corrected chi connectivity index (χ3v) is 5.60. The van der Waals surface area contributed by atoms with E-state index in [9.17, 15) is 9.59 Å². The zero-order chi connectivity index (χ0) is 19.8. The van der Waals surface area contributed by atoms with Gasteiger partial charge in [0.15, 0.2) is 0 Å². The fourth-order valence-electron chi connectivity index (χ4n) is 3.11. The van der Waals surface area contributed by atoms with Crippen LogP contribution in [0.25, 0.3) is 26.4 Å². The van der Waals surface area contributed by atoms with Gasteiger partial charge in [-0.3, -0.25) is 14.0 Å². The number of pyridine rings is 1. The second-order valence-electron chi connectivity index (χ2n) is 6.43. The molecule has 0 saturated carbocycles. The second-order valence-corrected chi connectivity index (χ2v) is 7.46. The molecule has 0 aliphatic heterocycles. The average molecular weight is 398 g/mol. The Hall–Kier alpha value is -3.84. The Kier molecular flexibility index (Phi) is 4.14. The number of hydrogen-bond donors (Lipinski definition) is 1. The summed E-state index contributed by atoms with van der Waals surface area (Å²) in [4.78, 5) is 34.1. The van der Waals surface area contributed by atoms with Crippen molar-refractivity contribution in [3.8, 4) is 10.6 Å². The van der Waals surface area contributed by atoms with Crippen LogP contribution in [0.3, 0.4) is 0 Å². The Balaban J connectivity index is 1.46. The number of nitrogens with zero attached hydrogens (tertiary/aromatic N) is 3. The number of fused-ring (bicyclic) bond motifs is 2. The Morgan fingerprint density at radius 3 is 2.76 bits per heavy atom. The number of para-hydroxylation sites is 1. The van der Waals surface area contributed by atoms with Crippen molar-refractivity contribution in [3.63, 3.8) is 0 Å². The van der Waals surface area contributed by atoms with Crippen LogP contribution in [0.2, 0.25) is 0 Å². The fraction of sp³-hybridized carbons (Fsp3) is 0. The van der Waals surface area contributed by atoms with Gasteiger partial charge < -0.3 is 5.32 Å². The van der Waals surface area contributed by atoms with Crippen LogP contribution in [0.1, 0.15) is 10.4 Å². The predicted octanol–water partition coefficient (Wildman–Crippen LogP) is 4.22. The molecule has 0 spiro atoms. The maximum atomic E-state index is 12.7. The Labute approximate surface area is 169 Å². The topological polar surface area (TPSA) is 76.4 Å². The molecule has 140 valence electrons. The summed E-state index contributed by atoms with van der Waals surface area (Å²) in [5.41, 5.74) is 2.50. The summed E-state index contributed by atoms with van der Waals surface area (Å²) in [5.74, 6) is -0.498. The van der Waals surface area contributed by atoms with E-state index in [1.165, 1.54) is 10.6 Å². The van der Waals surface area contributed by atoms with Crippen LogP contribution in [0.15, 0.2) is 83.9 Å². The van der Waals surface area contributed by atoms with E-state index in [0.717, 1.165) is 20.8 Å². The molecular weight excluding hydrogens is 384 g/mol. The molecule has 0 aliphatic rings. The molecule has 1 N–H and O–H groups in total. The maximum absolute atomic E-state index is 12.7. The number of benzene rings is 2. The van der Waals surface area contributed by atoms with Crippen LogP contribution >= 0.6 is 11.3 Å². The van der Waals surface area contributed by atoms with Gasteiger partial charge in [-0.25, -0.2) is 9.97 Å². The second kappa shape index (κ2) is 6.96. The van der Waals surface area contributed by atoms with E-state index in [1.54, 1.807) is 41.8 Å². The maximum Gasteiger partial charge on any atom is 0.270 e. The lowest BCUT2D eigenvalue weighted by Crippen LogP contribution is -2.26. The number of hydrogen-bond acceptors (Lipinski definition) is 5. The zero-order valence-corrected chi connectivity index (χ0v) is 15.9. The molecule has 3 heterocycles. The number of carbonyl (C=O) groups excluding carboxylic acids is 1. The highest BCUT2D eigenvalue weighted by Gasteiger charge is 2.14. The predicted molar refractivity (Wildman–Crippen MR) is 114 cm³/mol. The summed E-state index contributed by atoms with van der Waals surface area (Å²) in [6.07, 6.45) is 2.90. The van der Waals surface area contributed by atoms with Crippen molar-refractivity contribution in [2.45, 2.75) is 0 Å². The van der Waals surface area contributed by atoms with E-state index in [2.05, 4.69) is 15.3 Å². The van der Waals surface area contributed by atoms with E-state index in [4.69, 9.17) is 0 Å². The minimum atomic E-state index is -0.498. The number of nitrogens with one attached hydrogen (secondary N) is 1. The van der Waals surface area contributed by atoms with Crippen molar-refractivity contribution < 1.29 is 4.79 Å². The average Bonchev–Trinajstić information content (AvgIpc) is 3.19. The largest absolute Gasteiger partial charge is 0.322 e. The molecule has 3 aromatic heterocycles. The number of anilines is 1. The Morgan fingerprint density at radius 1 is 1.00 bits per heavy atom. The molecule has 29 heavy (non-hydrogen) atoms. The highest BCUT2D eigenvalue weighted by Crippen LogP contribution is 2.31. The molecule has 7 heteroatoms. The lowest BCUT2D eigenvalue weighted by Gasteiger charge is -2.07. The summed E-state index contributed by atoms with van der Waals surface area (Å²) >= 11 is 1.59. The van der Waals surface area contributed by atoms with Crippen LogP contribution in [-0.2, 0) is 0 Å². The van der Waals surface area contributed by atoms with Crippen molar-refractivity contribution in [3.05, 3.63) is 95.0 Å². The molecule has 0 aliphatic carbocycles. The van der Waals surface area contributed by atoms with Gasteiger partial charge in [-0.1, -0.05) is 30.3 Å². The van der Waals surface area contributed by atoms with Crippen LogP contribution in [0, 0.1) is 0 Å². The van der Waals surface area contributed by atoms with Crippen molar-refractivity contribution in [1.29, 1.82) is 0 Å². The Bertz CT molecular complexity index is 1400. The molecule has 5 aromatic rings. The van der Waals surface area contributed by atoms with Gasteiger partial charge in [-0.05, 0) is 36.4 Å². The molecular formula is C22H14N4O2S. The summed E-state index contributed by atoms with van der Waals surface area (Å²) < 4.78 is 2.46. The first kappa shape index (κ1) is 17.3. The SMILES string of the molecule is O=C(Nc1cccc(-c2nc3ccccc3s2)c1)c1cnc2ccccn2c1=O. The third kappa shape index (κ3) is 3.17. The lowest BCUT2D eigenvalue weighted by atomic mass is 10.2. The molecule has 2 aromatic carbocycles. The molecule has 0 radical (unpaired) electrons. The minimum absolute atomic E-state index is 0.0147. The molecule has 0 unspecified atom stereocenters. The van der Waals surface area contributed by atoms with Gasteiger partial charge in [0, 0.05) is 23.6 Å². The summed E-state index contributed by atoms with van der Waals surface area (Å²) in [6, 6.07) is 20.6. The molecule has 0 saturated heterocycles. The van der Waals surface area contributed by atoms with Crippen LogP contribution < -0.4 is 10.9 Å². The number of thiazole rings is 1. The minimum Gasteiger partial charge on any atom is -0.322 e. The smallest absolute Gasteiger partial charge is 0.270 e. The third-order valence-electron chi connectivity index (χ3n) is 4.52. The lowest BCUT2D eigenvalue weighted by molar-refractivity contribution is 0.102. The number of amides is 1. The standard InChI is InChI=1S/C22H14N4O2S/c27-20(16-13-23-19-10-3-4-11-26(19)22(16)28)24-15-7-5-6-14(12-15)21-25-17-8-1-2-9-18(17)29-21/h1-13H,(H,24,27). The highest BCUT2D eigenvalue weighted by atomic mass is 32.1. The van der Waals surface area contributed by atoms with Crippen molar-refractivity contribution in [2.75, 3.05) is 5.32 Å². The summed E-state index contributed by atoms with van der Waals surface area (Å²) in [6.45, 7) is 0. The van der Waals surface area contributed by atoms with E-state index in [1.807, 2.05) is 42.5 Å². The fourth-order valence-corrected chi connectivity index (χ4v) is 4.07. The van der Waals surface area contributed by atoms with E-state index >= 15 is 0 Å². The quantitative estimate of drug-likeness (QED) is 0.494. The number of rotatable bonds is 3. The van der Waals surface area contributed by atoms with E-state index in [-0.39, 0.29) is 5.56 Å². The molecule has 6 nitrogen and oxygen atoms in total. The van der Waals surface area contributed by atoms with Gasteiger partial charge >= 0.3 is 0 Å². The van der Waals surface area contributed by atoms with Gasteiger partial charge in [-0.2, -0.15) is 0 Å². The van der Waals surface area contributed by atoms with Gasteiger partial charge in [0.05, 0.1) is 10.2 Å². The van der Waals surface area contributed by atoms with Gasteiger partial charge in [0.25, 0.3) is 11.5 Å². The summed E-state index contributed by atoms with van der Waals surface area (Å²) in [7, 11) is 0. The van der Waals surface area contributed by atoms with Gasteiger partial charge in [0.2, 0.25) is 0 Å². The van der Waals surface area contributed by atoms with Gasteiger partial charge in [0.1, 0.15) is 16.2 Å². The number of aromatic nitrogens is 3. The first-order valence-corrected chi connectivity index (χ1v) is 9.74. The molecule has 1 amide bonds. The van der Waals surface area contributed by atoms with E-state index in [0.29, 0.717) is 11.3 Å². The highest BCUT2D eigenvalue weighted by molar-refractivity contribution is 7.21. The molecule has 0 bridgehead atoms. The van der Waals surface area contributed by atoms with E-state index < -0.39 is 11.5 Å². The van der Waals surface area contributed by atoms with Crippen LogP contribution in [0.4, 0.5) is 5.69 Å². The van der Waals surface area contributed by atoms with Crippen LogP contribution in [-0.4, -0.2) is 20.3 Å². The zero-order valence-electron chi connectivity index (χ0n) is 15.1. The van der Waals surface area contributed by atoms with Crippen LogP contribution in [0.5, 0.6) is 0 Å². The number of carbonyl (C=O) groups is 1. The molecule has 0 atom stereocenters. The Morgan fingerprint density at radius 2 is 1.86 bits per heavy atom. The van der Waals surface area contributed by atoms with Crippen molar-refractivity contribution >= 4 is 38.8 Å². The van der Waals surface area contributed by atoms with Crippen molar-refractivity contribution in [1.82, 2.24) is 14.4 Å². The first-order valence-electron chi connectivity index (χ1n) is 8.93. The summed E-state index contributed by atoms with van der Waals surface area (Å²) in [5, 5.41) is 3.66. The van der Waals surface area contributed by atoms with Crippen molar-refractivity contribution in [2.24, 2.45) is 0 Å².